The van der Waals surface area contributed by atoms with Crippen molar-refractivity contribution in [2.75, 3.05) is 16.9 Å². The molecule has 0 aliphatic carbocycles. The van der Waals surface area contributed by atoms with Gasteiger partial charge in [0, 0.05) is 22.6 Å². The molecule has 15 heteroatoms. The third-order valence-electron chi connectivity index (χ3n) is 11.6. The van der Waals surface area contributed by atoms with Gasteiger partial charge in [-0.3, -0.25) is 14.5 Å². The summed E-state index contributed by atoms with van der Waals surface area (Å²) in [7, 11) is 0. The summed E-state index contributed by atoms with van der Waals surface area (Å²) in [6.45, 7) is 0. The van der Waals surface area contributed by atoms with Crippen LogP contribution in [0.25, 0.3) is 0 Å². The smallest absolute Gasteiger partial charge is 0.355 e. The van der Waals surface area contributed by atoms with Crippen LogP contribution in [0.1, 0.15) is 51.3 Å². The Kier molecular flexibility index (Phi) is 13.8. The molecule has 7 aromatic rings. The van der Waals surface area contributed by atoms with Gasteiger partial charge in [0.25, 0.3) is 11.8 Å². The van der Waals surface area contributed by atoms with Gasteiger partial charge in [0.15, 0.2) is 16.9 Å². The van der Waals surface area contributed by atoms with E-state index < -0.39 is 52.9 Å². The maximum absolute atomic E-state index is 14.7. The number of esters is 1. The van der Waals surface area contributed by atoms with E-state index in [1.807, 2.05) is 152 Å². The second-order valence-electron chi connectivity index (χ2n) is 15.7. The molecule has 2 aliphatic heterocycles. The Bertz CT molecular complexity index is 2830. The number of carboxylic acids is 1. The number of thioether (sulfide) groups is 1. The lowest BCUT2D eigenvalue weighted by atomic mass is 9.77. The lowest BCUT2D eigenvalue weighted by Gasteiger charge is -2.49. The first-order chi connectivity index (χ1) is 33.3. The molecule has 68 heavy (non-hydrogen) atoms. The molecule has 3 atom stereocenters. The molecule has 9 rings (SSSR count). The third-order valence-corrected chi connectivity index (χ3v) is 14.0. The number of β-lactam (4-membered cyclic amide) rings is 1. The van der Waals surface area contributed by atoms with Gasteiger partial charge in [-0.05, 0) is 33.4 Å². The van der Waals surface area contributed by atoms with Crippen molar-refractivity contribution in [2.24, 2.45) is 5.16 Å². The number of halogens is 1. The van der Waals surface area contributed by atoms with Crippen molar-refractivity contribution in [3.8, 4) is 0 Å². The van der Waals surface area contributed by atoms with Gasteiger partial charge in [0.2, 0.25) is 6.10 Å². The van der Waals surface area contributed by atoms with E-state index in [-0.39, 0.29) is 28.7 Å². The first kappa shape index (κ1) is 45.6. The second kappa shape index (κ2) is 20.6. The number of anilines is 1. The topological polar surface area (TPSA) is 160 Å². The van der Waals surface area contributed by atoms with E-state index in [2.05, 4.69) is 15.8 Å². The zero-order valence-corrected chi connectivity index (χ0v) is 38.4. The summed E-state index contributed by atoms with van der Waals surface area (Å²) in [4.78, 5) is 67.5. The molecule has 12 nitrogen and oxygen atoms in total. The van der Waals surface area contributed by atoms with Crippen LogP contribution in [0.2, 0.25) is 0 Å². The van der Waals surface area contributed by atoms with Crippen LogP contribution in [0.3, 0.4) is 0 Å². The monoisotopic (exact) mass is 959 g/mol. The number of carboxylic acid groups (broad SMARTS) is 1. The van der Waals surface area contributed by atoms with E-state index in [1.54, 1.807) is 35.7 Å². The molecular formula is C53H42ClN5O7S2. The molecule has 6 aromatic carbocycles. The lowest BCUT2D eigenvalue weighted by molar-refractivity contribution is -0.162. The summed E-state index contributed by atoms with van der Waals surface area (Å²) in [5.41, 5.74) is 3.55. The lowest BCUT2D eigenvalue weighted by Crippen LogP contribution is -2.71. The number of hydrogen-bond acceptors (Lipinski definition) is 11. The molecule has 1 fully saturated rings. The van der Waals surface area contributed by atoms with Crippen LogP contribution < -0.4 is 10.6 Å². The van der Waals surface area contributed by atoms with E-state index in [1.165, 1.54) is 23.1 Å². The van der Waals surface area contributed by atoms with Crippen LogP contribution in [0.4, 0.5) is 5.13 Å². The standard InChI is InChI=1S/C53H42ClN5O7S2/c54-31-37-32-67-49-43(48(61)59(49)44(37)50(62)63)56-47(60)42(58-66-46(36-23-11-3-12-24-36)51(64)65-45(34-19-7-1-8-20-34)35-21-9-2-10-22-35)41-33-68-52(55-41)57-53(38-25-13-4-14-26-38,39-27-15-5-16-28-39)40-29-17-6-18-30-40/h1-30,33,43,45-46,49H,31-32H2,(H,55,57)(H,56,60)(H,62,63)/b58-42+/t43?,46?,49-/m1/s1. The molecule has 2 unspecified atom stereocenters. The molecule has 0 saturated carbocycles. The fraction of sp³-hybridized carbons (Fsp3) is 0.132. The number of benzene rings is 6. The molecule has 0 spiro atoms. The summed E-state index contributed by atoms with van der Waals surface area (Å²) in [6.07, 6.45) is -2.29. The molecule has 2 aliphatic rings. The SMILES string of the molecule is O=C(O)C1=C(CCl)CS[C@@H]2C(NC(=O)/C(=N/OC(C(=O)OC(c3ccccc3)c3ccccc3)c3ccccc3)c3csc(NC(c4ccccc4)(c4ccccc4)c4ccccc4)n3)C(=O)N12. The minimum absolute atomic E-state index is 0.0696. The number of thiazole rings is 1. The van der Waals surface area contributed by atoms with Crippen molar-refractivity contribution in [1.29, 1.82) is 0 Å². The van der Waals surface area contributed by atoms with Crippen molar-refractivity contribution >= 4 is 69.3 Å². The normalized spacial score (nSPS) is 16.3. The summed E-state index contributed by atoms with van der Waals surface area (Å²) in [6, 6.07) is 55.9. The number of rotatable bonds is 17. The van der Waals surface area contributed by atoms with Crippen LogP contribution in [-0.2, 0) is 34.3 Å². The molecular weight excluding hydrogens is 918 g/mol. The largest absolute Gasteiger partial charge is 0.477 e. The van der Waals surface area contributed by atoms with E-state index in [0.29, 0.717) is 16.3 Å². The minimum Gasteiger partial charge on any atom is -0.477 e. The number of ether oxygens (including phenoxy) is 1. The Labute approximate surface area is 405 Å². The van der Waals surface area contributed by atoms with Gasteiger partial charge in [-0.25, -0.2) is 14.6 Å². The summed E-state index contributed by atoms with van der Waals surface area (Å²) in [5, 5.41) is 22.2. The number of nitrogens with one attached hydrogen (secondary N) is 2. The van der Waals surface area contributed by atoms with Crippen LogP contribution in [0.5, 0.6) is 0 Å². The van der Waals surface area contributed by atoms with Crippen molar-refractivity contribution in [2.45, 2.75) is 29.2 Å². The number of carbonyl (C=O) groups excluding carboxylic acids is 3. The number of fused-ring (bicyclic) bond motifs is 1. The van der Waals surface area contributed by atoms with E-state index >= 15 is 0 Å². The predicted octanol–water partition coefficient (Wildman–Crippen LogP) is 9.32. The average molecular weight is 961 g/mol. The first-order valence-electron chi connectivity index (χ1n) is 21.5. The zero-order valence-electron chi connectivity index (χ0n) is 36.1. The Balaban J connectivity index is 1.10. The molecule has 0 radical (unpaired) electrons. The van der Waals surface area contributed by atoms with E-state index in [4.69, 9.17) is 26.2 Å². The highest BCUT2D eigenvalue weighted by Crippen LogP contribution is 2.42. The van der Waals surface area contributed by atoms with E-state index in [0.717, 1.165) is 32.7 Å². The van der Waals surface area contributed by atoms with Crippen molar-refractivity contribution < 1.29 is 33.9 Å². The third kappa shape index (κ3) is 9.26. The Morgan fingerprint density at radius 3 is 1.72 bits per heavy atom. The number of amides is 2. The molecule has 0 bridgehead atoms. The second-order valence-corrected chi connectivity index (χ2v) is 18.0. The molecule has 2 amide bonds. The number of nitrogens with zero attached hydrogens (tertiary/aromatic N) is 3. The number of aromatic nitrogens is 1. The molecule has 3 heterocycles. The maximum Gasteiger partial charge on any atom is 0.355 e. The van der Waals surface area contributed by atoms with Gasteiger partial charge >= 0.3 is 11.9 Å². The highest BCUT2D eigenvalue weighted by molar-refractivity contribution is 8.00. The van der Waals surface area contributed by atoms with Crippen LogP contribution in [0, 0.1) is 0 Å². The summed E-state index contributed by atoms with van der Waals surface area (Å²) < 4.78 is 6.26. The number of alkyl halides is 1. The van der Waals surface area contributed by atoms with Crippen molar-refractivity contribution in [3.63, 3.8) is 0 Å². The van der Waals surface area contributed by atoms with Gasteiger partial charge in [-0.1, -0.05) is 187 Å². The van der Waals surface area contributed by atoms with E-state index in [9.17, 15) is 24.3 Å². The van der Waals surface area contributed by atoms with Crippen LogP contribution in [0.15, 0.2) is 204 Å². The Morgan fingerprint density at radius 1 is 0.750 bits per heavy atom. The Morgan fingerprint density at radius 2 is 1.24 bits per heavy atom. The maximum atomic E-state index is 14.7. The summed E-state index contributed by atoms with van der Waals surface area (Å²) in [5.74, 6) is -3.39. The number of carbonyl (C=O) groups is 4. The minimum atomic E-state index is -1.47. The fourth-order valence-electron chi connectivity index (χ4n) is 8.32. The van der Waals surface area contributed by atoms with Gasteiger partial charge in [-0.2, -0.15) is 0 Å². The first-order valence-corrected chi connectivity index (χ1v) is 24.0. The molecule has 340 valence electrons. The number of hydrogen-bond donors (Lipinski definition) is 3. The molecule has 3 N–H and O–H groups in total. The summed E-state index contributed by atoms with van der Waals surface area (Å²) >= 11 is 8.58. The zero-order chi connectivity index (χ0) is 47.0. The molecule has 1 aromatic heterocycles. The van der Waals surface area contributed by atoms with Crippen molar-refractivity contribution in [1.82, 2.24) is 15.2 Å². The van der Waals surface area contributed by atoms with Gasteiger partial charge < -0.3 is 25.3 Å². The van der Waals surface area contributed by atoms with Gasteiger partial charge in [0.05, 0.1) is 0 Å². The van der Waals surface area contributed by atoms with Gasteiger partial charge in [-0.15, -0.1) is 34.7 Å². The van der Waals surface area contributed by atoms with Crippen LogP contribution >= 0.6 is 34.7 Å². The van der Waals surface area contributed by atoms with Crippen molar-refractivity contribution in [3.05, 3.63) is 238 Å². The van der Waals surface area contributed by atoms with Crippen LogP contribution in [-0.4, -0.2) is 67.5 Å². The van der Waals surface area contributed by atoms with Gasteiger partial charge in [0.1, 0.15) is 28.3 Å². The predicted molar refractivity (Wildman–Crippen MR) is 263 cm³/mol. The average Bonchev–Trinajstić information content (AvgIpc) is 3.86. The number of oxime groups is 1. The highest BCUT2D eigenvalue weighted by Gasteiger charge is 2.54. The fourth-order valence-corrected chi connectivity index (χ4v) is 10.7. The quantitative estimate of drug-likeness (QED) is 0.0201. The Hall–Kier alpha value is -7.52. The highest BCUT2D eigenvalue weighted by atomic mass is 35.5. The molecule has 1 saturated heterocycles. The number of aliphatic carboxylic acids is 1.